The number of aromatic nitrogens is 1. The SMILES string of the molecule is CCNC(=O)C(=O)C(C)(CC)c1c[nH]c2ccccc12. The maximum absolute atomic E-state index is 12.5. The Hall–Kier alpha value is -2.10. The molecule has 1 aromatic carbocycles. The first kappa shape index (κ1) is 14.3. The fraction of sp³-hybridized carbons (Fsp3) is 0.375. The monoisotopic (exact) mass is 272 g/mol. The van der Waals surface area contributed by atoms with Gasteiger partial charge in [-0.1, -0.05) is 25.1 Å². The molecule has 0 saturated heterocycles. The van der Waals surface area contributed by atoms with Crippen LogP contribution < -0.4 is 5.32 Å². The normalized spacial score (nSPS) is 13.9. The van der Waals surface area contributed by atoms with Crippen LogP contribution in [0.5, 0.6) is 0 Å². The molecule has 1 amide bonds. The predicted molar refractivity (Wildman–Crippen MR) is 79.6 cm³/mol. The van der Waals surface area contributed by atoms with E-state index in [4.69, 9.17) is 0 Å². The topological polar surface area (TPSA) is 62.0 Å². The first-order valence-corrected chi connectivity index (χ1v) is 6.93. The molecule has 2 N–H and O–H groups in total. The largest absolute Gasteiger partial charge is 0.361 e. The summed E-state index contributed by atoms with van der Waals surface area (Å²) in [6.45, 7) is 6.03. The van der Waals surface area contributed by atoms with Crippen molar-refractivity contribution in [3.63, 3.8) is 0 Å². The van der Waals surface area contributed by atoms with Gasteiger partial charge in [0.05, 0.1) is 5.41 Å². The van der Waals surface area contributed by atoms with E-state index in [0.717, 1.165) is 16.5 Å². The number of rotatable bonds is 5. The summed E-state index contributed by atoms with van der Waals surface area (Å²) in [7, 11) is 0. The van der Waals surface area contributed by atoms with E-state index in [1.807, 2.05) is 44.3 Å². The lowest BCUT2D eigenvalue weighted by molar-refractivity contribution is -0.141. The summed E-state index contributed by atoms with van der Waals surface area (Å²) in [5.41, 5.74) is 1.05. The van der Waals surface area contributed by atoms with Gasteiger partial charge in [0.25, 0.3) is 5.91 Å². The van der Waals surface area contributed by atoms with Crippen molar-refractivity contribution in [2.45, 2.75) is 32.6 Å². The van der Waals surface area contributed by atoms with E-state index in [1.54, 1.807) is 6.92 Å². The van der Waals surface area contributed by atoms with Crippen molar-refractivity contribution >= 4 is 22.6 Å². The number of fused-ring (bicyclic) bond motifs is 1. The van der Waals surface area contributed by atoms with Crippen molar-refractivity contribution in [3.05, 3.63) is 36.0 Å². The van der Waals surface area contributed by atoms with Gasteiger partial charge >= 0.3 is 0 Å². The lowest BCUT2D eigenvalue weighted by Crippen LogP contribution is -2.43. The Bertz CT molecular complexity index is 645. The fourth-order valence-corrected chi connectivity index (χ4v) is 2.49. The molecule has 1 aromatic heterocycles. The van der Waals surface area contributed by atoms with Crippen molar-refractivity contribution in [1.29, 1.82) is 0 Å². The molecule has 0 aliphatic heterocycles. The lowest BCUT2D eigenvalue weighted by Gasteiger charge is -2.25. The van der Waals surface area contributed by atoms with Crippen molar-refractivity contribution in [2.24, 2.45) is 0 Å². The highest BCUT2D eigenvalue weighted by Gasteiger charge is 2.39. The highest BCUT2D eigenvalue weighted by molar-refractivity contribution is 6.39. The van der Waals surface area contributed by atoms with E-state index in [-0.39, 0.29) is 5.78 Å². The number of likely N-dealkylation sites (N-methyl/N-ethyl adjacent to an activating group) is 1. The van der Waals surface area contributed by atoms with Crippen LogP contribution in [0.3, 0.4) is 0 Å². The molecule has 0 aliphatic rings. The summed E-state index contributed by atoms with van der Waals surface area (Å²) in [6.07, 6.45) is 2.41. The highest BCUT2D eigenvalue weighted by atomic mass is 16.2. The Morgan fingerprint density at radius 2 is 1.95 bits per heavy atom. The van der Waals surface area contributed by atoms with Gasteiger partial charge in [-0.05, 0) is 31.9 Å². The third kappa shape index (κ3) is 2.22. The predicted octanol–water partition coefficient (Wildman–Crippen LogP) is 2.54. The second-order valence-electron chi connectivity index (χ2n) is 5.12. The zero-order valence-corrected chi connectivity index (χ0v) is 12.1. The Kier molecular flexibility index (Phi) is 3.93. The number of Topliss-reactive ketones (excluding diaryl/α,β-unsaturated/α-hetero) is 1. The van der Waals surface area contributed by atoms with E-state index >= 15 is 0 Å². The summed E-state index contributed by atoms with van der Waals surface area (Å²) >= 11 is 0. The van der Waals surface area contributed by atoms with Gasteiger partial charge < -0.3 is 10.3 Å². The molecular formula is C16H20N2O2. The molecule has 106 valence electrons. The molecular weight excluding hydrogens is 252 g/mol. The number of para-hydroxylation sites is 1. The van der Waals surface area contributed by atoms with Crippen LogP contribution >= 0.6 is 0 Å². The Morgan fingerprint density at radius 3 is 2.60 bits per heavy atom. The van der Waals surface area contributed by atoms with Crippen LogP contribution in [0.15, 0.2) is 30.5 Å². The van der Waals surface area contributed by atoms with E-state index < -0.39 is 11.3 Å². The molecule has 4 nitrogen and oxygen atoms in total. The number of nitrogens with one attached hydrogen (secondary N) is 2. The van der Waals surface area contributed by atoms with Gasteiger partial charge in [-0.2, -0.15) is 0 Å². The Morgan fingerprint density at radius 1 is 1.25 bits per heavy atom. The van der Waals surface area contributed by atoms with Crippen LogP contribution in [0.4, 0.5) is 0 Å². The number of carbonyl (C=O) groups excluding carboxylic acids is 2. The molecule has 0 fully saturated rings. The Labute approximate surface area is 118 Å². The van der Waals surface area contributed by atoms with E-state index in [2.05, 4.69) is 10.3 Å². The van der Waals surface area contributed by atoms with Crippen LogP contribution in [0, 0.1) is 0 Å². The first-order valence-electron chi connectivity index (χ1n) is 6.93. The molecule has 0 spiro atoms. The zero-order chi connectivity index (χ0) is 14.8. The number of hydrogen-bond acceptors (Lipinski definition) is 2. The van der Waals surface area contributed by atoms with Crippen LogP contribution in [0.2, 0.25) is 0 Å². The van der Waals surface area contributed by atoms with Gasteiger partial charge in [-0.15, -0.1) is 0 Å². The maximum atomic E-state index is 12.5. The molecule has 20 heavy (non-hydrogen) atoms. The average Bonchev–Trinajstić information content (AvgIpc) is 2.90. The molecule has 1 heterocycles. The summed E-state index contributed by atoms with van der Waals surface area (Å²) in [5.74, 6) is -0.895. The molecule has 0 bridgehead atoms. The van der Waals surface area contributed by atoms with Crippen LogP contribution in [0.25, 0.3) is 10.9 Å². The lowest BCUT2D eigenvalue weighted by atomic mass is 9.76. The number of benzene rings is 1. The number of amides is 1. The third-order valence-corrected chi connectivity index (χ3v) is 3.94. The second kappa shape index (κ2) is 5.49. The van der Waals surface area contributed by atoms with Crippen LogP contribution in [-0.2, 0) is 15.0 Å². The minimum atomic E-state index is -0.807. The quantitative estimate of drug-likeness (QED) is 0.822. The second-order valence-corrected chi connectivity index (χ2v) is 5.12. The van der Waals surface area contributed by atoms with Crippen molar-refractivity contribution in [1.82, 2.24) is 10.3 Å². The van der Waals surface area contributed by atoms with E-state index in [0.29, 0.717) is 13.0 Å². The number of carbonyl (C=O) groups is 2. The van der Waals surface area contributed by atoms with Crippen LogP contribution in [0.1, 0.15) is 32.8 Å². The maximum Gasteiger partial charge on any atom is 0.288 e. The van der Waals surface area contributed by atoms with Gasteiger partial charge in [0, 0.05) is 23.6 Å². The van der Waals surface area contributed by atoms with Gasteiger partial charge in [-0.25, -0.2) is 0 Å². The molecule has 1 unspecified atom stereocenters. The first-order chi connectivity index (χ1) is 9.54. The van der Waals surface area contributed by atoms with E-state index in [9.17, 15) is 9.59 Å². The minimum Gasteiger partial charge on any atom is -0.361 e. The zero-order valence-electron chi connectivity index (χ0n) is 12.1. The van der Waals surface area contributed by atoms with E-state index in [1.165, 1.54) is 0 Å². The number of ketones is 1. The number of H-pyrrole nitrogens is 1. The Balaban J connectivity index is 2.50. The molecule has 1 atom stereocenters. The average molecular weight is 272 g/mol. The molecule has 0 radical (unpaired) electrons. The minimum absolute atomic E-state index is 0.383. The number of hydrogen-bond donors (Lipinski definition) is 2. The highest BCUT2D eigenvalue weighted by Crippen LogP contribution is 2.34. The molecule has 2 aromatic rings. The van der Waals surface area contributed by atoms with Gasteiger partial charge in [0.15, 0.2) is 0 Å². The van der Waals surface area contributed by atoms with Crippen molar-refractivity contribution < 1.29 is 9.59 Å². The summed E-state index contributed by atoms with van der Waals surface area (Å²) < 4.78 is 0. The van der Waals surface area contributed by atoms with Gasteiger partial charge in [0.1, 0.15) is 0 Å². The molecule has 2 rings (SSSR count). The number of aromatic amines is 1. The van der Waals surface area contributed by atoms with Crippen molar-refractivity contribution in [2.75, 3.05) is 6.54 Å². The standard InChI is InChI=1S/C16H20N2O2/c1-4-16(3,14(19)15(20)17-5-2)12-10-18-13-9-7-6-8-11(12)13/h6-10,18H,4-5H2,1-3H3,(H,17,20). The third-order valence-electron chi connectivity index (χ3n) is 3.94. The molecule has 0 aliphatic carbocycles. The smallest absolute Gasteiger partial charge is 0.288 e. The molecule has 4 heteroatoms. The summed E-state index contributed by atoms with van der Waals surface area (Å²) in [4.78, 5) is 27.6. The van der Waals surface area contributed by atoms with Crippen LogP contribution in [-0.4, -0.2) is 23.2 Å². The fourth-order valence-electron chi connectivity index (χ4n) is 2.49. The summed E-state index contributed by atoms with van der Waals surface area (Å²) in [5, 5.41) is 3.59. The molecule has 0 saturated carbocycles. The summed E-state index contributed by atoms with van der Waals surface area (Å²) in [6, 6.07) is 7.81. The van der Waals surface area contributed by atoms with Gasteiger partial charge in [0.2, 0.25) is 5.78 Å². The van der Waals surface area contributed by atoms with Gasteiger partial charge in [-0.3, -0.25) is 9.59 Å². The van der Waals surface area contributed by atoms with Crippen molar-refractivity contribution in [3.8, 4) is 0 Å².